The summed E-state index contributed by atoms with van der Waals surface area (Å²) < 4.78 is 1.64. The Hall–Kier alpha value is -2.45. The van der Waals surface area contributed by atoms with Crippen LogP contribution in [0.4, 0.5) is 5.82 Å². The number of unbranched alkanes of at least 4 members (excludes halogenated alkanes) is 1. The van der Waals surface area contributed by atoms with Gasteiger partial charge in [0.1, 0.15) is 5.82 Å². The van der Waals surface area contributed by atoms with E-state index in [0.29, 0.717) is 16.0 Å². The molecule has 1 amide bonds. The van der Waals surface area contributed by atoms with E-state index >= 15 is 0 Å². The lowest BCUT2D eigenvalue weighted by molar-refractivity contribution is -0.115. The highest BCUT2D eigenvalue weighted by molar-refractivity contribution is 8.00. The summed E-state index contributed by atoms with van der Waals surface area (Å²) in [6.07, 6.45) is 4.88. The zero-order chi connectivity index (χ0) is 19.9. The third-order valence-electron chi connectivity index (χ3n) is 4.07. The van der Waals surface area contributed by atoms with Crippen LogP contribution in [0.5, 0.6) is 0 Å². The van der Waals surface area contributed by atoms with Crippen molar-refractivity contribution in [2.75, 3.05) is 5.32 Å². The van der Waals surface area contributed by atoms with Crippen molar-refractivity contribution in [2.45, 2.75) is 43.5 Å². The number of thioether (sulfide) groups is 1. The summed E-state index contributed by atoms with van der Waals surface area (Å²) in [4.78, 5) is 16.5. The number of carbonyl (C=O) groups is 1. The molecule has 1 aromatic carbocycles. The molecular weight excluding hydrogens is 396 g/mol. The van der Waals surface area contributed by atoms with Crippen molar-refractivity contribution in [1.29, 1.82) is 0 Å². The molecule has 7 nitrogen and oxygen atoms in total. The maximum Gasteiger partial charge on any atom is 0.238 e. The molecule has 3 aromatic rings. The van der Waals surface area contributed by atoms with E-state index in [0.717, 1.165) is 12.1 Å². The zero-order valence-corrected chi connectivity index (χ0v) is 17.2. The lowest BCUT2D eigenvalue weighted by atomic mass is 10.1. The van der Waals surface area contributed by atoms with Crippen molar-refractivity contribution in [3.8, 4) is 5.69 Å². The van der Waals surface area contributed by atoms with Gasteiger partial charge in [0, 0.05) is 6.20 Å². The highest BCUT2D eigenvalue weighted by atomic mass is 35.5. The molecule has 1 atom stereocenters. The number of halogens is 1. The first-order valence-corrected chi connectivity index (χ1v) is 10.3. The Bertz CT molecular complexity index is 913. The van der Waals surface area contributed by atoms with Crippen molar-refractivity contribution >= 4 is 35.1 Å². The molecule has 0 aliphatic heterocycles. The van der Waals surface area contributed by atoms with Crippen molar-refractivity contribution in [1.82, 2.24) is 25.2 Å². The van der Waals surface area contributed by atoms with E-state index in [1.54, 1.807) is 23.7 Å². The molecule has 0 spiro atoms. The number of nitrogens with one attached hydrogen (secondary N) is 1. The maximum absolute atomic E-state index is 12.4. The molecule has 9 heteroatoms. The van der Waals surface area contributed by atoms with Crippen LogP contribution in [0.15, 0.2) is 47.8 Å². The lowest BCUT2D eigenvalue weighted by Crippen LogP contribution is -2.23. The summed E-state index contributed by atoms with van der Waals surface area (Å²) in [6, 6.07) is 11.5. The number of hydrogen-bond acceptors (Lipinski definition) is 6. The molecule has 0 radical (unpaired) electrons. The van der Waals surface area contributed by atoms with Crippen molar-refractivity contribution < 1.29 is 4.79 Å². The smallest absolute Gasteiger partial charge is 0.238 e. The Kier molecular flexibility index (Phi) is 7.00. The van der Waals surface area contributed by atoms with Crippen LogP contribution in [0.2, 0.25) is 5.02 Å². The fourth-order valence-electron chi connectivity index (χ4n) is 2.49. The number of pyridine rings is 1. The van der Waals surface area contributed by atoms with Gasteiger partial charge in [-0.3, -0.25) is 4.79 Å². The third-order valence-corrected chi connectivity index (χ3v) is 5.33. The molecule has 0 bridgehead atoms. The molecule has 146 valence electrons. The van der Waals surface area contributed by atoms with E-state index in [2.05, 4.69) is 44.9 Å². The predicted octanol–water partition coefficient (Wildman–Crippen LogP) is 4.17. The molecule has 28 heavy (non-hydrogen) atoms. The minimum atomic E-state index is -0.411. The molecule has 0 aliphatic carbocycles. The van der Waals surface area contributed by atoms with Crippen LogP contribution in [0.25, 0.3) is 5.69 Å². The Balaban J connectivity index is 1.66. The molecule has 0 saturated carbocycles. The van der Waals surface area contributed by atoms with E-state index in [-0.39, 0.29) is 5.91 Å². The molecule has 2 aromatic heterocycles. The van der Waals surface area contributed by atoms with Gasteiger partial charge in [0.2, 0.25) is 11.1 Å². The second kappa shape index (κ2) is 9.66. The second-order valence-corrected chi connectivity index (χ2v) is 8.00. The standard InChI is InChI=1S/C19H21ClN6OS/c1-3-4-5-14-6-9-16(10-7-14)26-19(23-24-25-26)28-13(2)18(27)22-17-11-8-15(20)12-21-17/h6-13H,3-5H2,1-2H3,(H,21,22,27)/t13-/m1/s1. The number of aromatic nitrogens is 5. The number of benzene rings is 1. The number of aryl methyl sites for hydroxylation is 1. The van der Waals surface area contributed by atoms with Crippen LogP contribution in [0.1, 0.15) is 32.3 Å². The van der Waals surface area contributed by atoms with Crippen LogP contribution in [-0.2, 0) is 11.2 Å². The minimum absolute atomic E-state index is 0.190. The molecule has 2 heterocycles. The highest BCUT2D eigenvalue weighted by Gasteiger charge is 2.19. The largest absolute Gasteiger partial charge is 0.310 e. The van der Waals surface area contributed by atoms with Gasteiger partial charge in [-0.15, -0.1) is 5.10 Å². The van der Waals surface area contributed by atoms with Crippen LogP contribution < -0.4 is 5.32 Å². The van der Waals surface area contributed by atoms with Crippen LogP contribution in [-0.4, -0.2) is 36.3 Å². The number of carbonyl (C=O) groups excluding carboxylic acids is 1. The van der Waals surface area contributed by atoms with Gasteiger partial charge in [0.15, 0.2) is 0 Å². The van der Waals surface area contributed by atoms with Gasteiger partial charge in [-0.25, -0.2) is 4.98 Å². The summed E-state index contributed by atoms with van der Waals surface area (Å²) in [7, 11) is 0. The summed E-state index contributed by atoms with van der Waals surface area (Å²) in [6.45, 7) is 3.97. The van der Waals surface area contributed by atoms with E-state index in [1.807, 2.05) is 12.1 Å². The first-order chi connectivity index (χ1) is 13.6. The fraction of sp³-hybridized carbons (Fsp3) is 0.316. The summed E-state index contributed by atoms with van der Waals surface area (Å²) in [5.41, 5.74) is 2.15. The minimum Gasteiger partial charge on any atom is -0.310 e. The van der Waals surface area contributed by atoms with Crippen LogP contribution in [0.3, 0.4) is 0 Å². The summed E-state index contributed by atoms with van der Waals surface area (Å²) in [5, 5.41) is 15.3. The van der Waals surface area contributed by atoms with Crippen LogP contribution in [0, 0.1) is 0 Å². The Morgan fingerprint density at radius 2 is 2.04 bits per heavy atom. The molecule has 0 unspecified atom stereocenters. The number of rotatable bonds is 8. The van der Waals surface area contributed by atoms with Gasteiger partial charge in [0.05, 0.1) is 16.0 Å². The van der Waals surface area contributed by atoms with E-state index < -0.39 is 5.25 Å². The highest BCUT2D eigenvalue weighted by Crippen LogP contribution is 2.24. The number of tetrazole rings is 1. The molecular formula is C19H21ClN6OS. The molecule has 0 aliphatic rings. The monoisotopic (exact) mass is 416 g/mol. The van der Waals surface area contributed by atoms with Crippen LogP contribution >= 0.6 is 23.4 Å². The van der Waals surface area contributed by atoms with Crippen molar-refractivity contribution in [3.63, 3.8) is 0 Å². The number of nitrogens with zero attached hydrogens (tertiary/aromatic N) is 5. The predicted molar refractivity (Wildman–Crippen MR) is 111 cm³/mol. The second-order valence-electron chi connectivity index (χ2n) is 6.25. The first kappa shape index (κ1) is 20.3. The number of hydrogen-bond donors (Lipinski definition) is 1. The summed E-state index contributed by atoms with van der Waals surface area (Å²) in [5.74, 6) is 0.258. The van der Waals surface area contributed by atoms with E-state index in [9.17, 15) is 4.79 Å². The Morgan fingerprint density at radius 3 is 2.71 bits per heavy atom. The average molecular weight is 417 g/mol. The third kappa shape index (κ3) is 5.30. The Morgan fingerprint density at radius 1 is 1.25 bits per heavy atom. The molecule has 0 saturated heterocycles. The van der Waals surface area contributed by atoms with Gasteiger partial charge in [0.25, 0.3) is 0 Å². The quantitative estimate of drug-likeness (QED) is 0.554. The average Bonchev–Trinajstić information content (AvgIpc) is 3.16. The van der Waals surface area contributed by atoms with Crippen molar-refractivity contribution in [3.05, 3.63) is 53.2 Å². The van der Waals surface area contributed by atoms with Gasteiger partial charge in [-0.1, -0.05) is 48.8 Å². The lowest BCUT2D eigenvalue weighted by Gasteiger charge is -2.11. The van der Waals surface area contributed by atoms with Gasteiger partial charge >= 0.3 is 0 Å². The molecule has 1 N–H and O–H groups in total. The normalized spacial score (nSPS) is 12.0. The van der Waals surface area contributed by atoms with Gasteiger partial charge < -0.3 is 5.32 Å². The van der Waals surface area contributed by atoms with E-state index in [4.69, 9.17) is 11.6 Å². The van der Waals surface area contributed by atoms with Gasteiger partial charge in [-0.2, -0.15) is 4.68 Å². The van der Waals surface area contributed by atoms with Crippen molar-refractivity contribution in [2.24, 2.45) is 0 Å². The summed E-state index contributed by atoms with van der Waals surface area (Å²) >= 11 is 7.09. The van der Waals surface area contributed by atoms with E-state index in [1.165, 1.54) is 36.4 Å². The zero-order valence-electron chi connectivity index (χ0n) is 15.7. The van der Waals surface area contributed by atoms with Gasteiger partial charge in [-0.05, 0) is 60.0 Å². The number of anilines is 1. The fourth-order valence-corrected chi connectivity index (χ4v) is 3.41. The maximum atomic E-state index is 12.4. The Labute approximate surface area is 172 Å². The molecule has 3 rings (SSSR count). The number of amides is 1. The topological polar surface area (TPSA) is 85.6 Å². The SMILES string of the molecule is CCCCc1ccc(-n2nnnc2S[C@H](C)C(=O)Nc2ccc(Cl)cn2)cc1. The molecule has 0 fully saturated rings. The first-order valence-electron chi connectivity index (χ1n) is 9.03.